The van der Waals surface area contributed by atoms with Crippen LogP contribution in [0.25, 0.3) is 11.1 Å². The molecule has 1 aliphatic rings. The maximum absolute atomic E-state index is 13.6. The summed E-state index contributed by atoms with van der Waals surface area (Å²) in [6.45, 7) is 11.4. The Hall–Kier alpha value is -3.77. The van der Waals surface area contributed by atoms with E-state index in [4.69, 9.17) is 18.9 Å². The van der Waals surface area contributed by atoms with Crippen LogP contribution < -0.4 is 20.7 Å². The lowest BCUT2D eigenvalue weighted by molar-refractivity contribution is -0.128. The molecule has 0 bridgehead atoms. The third kappa shape index (κ3) is 11.9. The van der Waals surface area contributed by atoms with Gasteiger partial charge < -0.3 is 34.9 Å². The molecule has 0 radical (unpaired) electrons. The largest absolute Gasteiger partial charge is 0.477 e. The molecular weight excluding hydrogens is 583 g/mol. The van der Waals surface area contributed by atoms with Crippen molar-refractivity contribution in [2.45, 2.75) is 71.4 Å². The predicted molar refractivity (Wildman–Crippen MR) is 168 cm³/mol. The molecule has 1 fully saturated rings. The fraction of sp³-hybridized carbons (Fsp3) is 0.576. The van der Waals surface area contributed by atoms with E-state index in [1.54, 1.807) is 39.0 Å². The molecule has 0 unspecified atom stereocenters. The molecule has 12 heteroatoms. The van der Waals surface area contributed by atoms with Gasteiger partial charge in [-0.15, -0.1) is 0 Å². The molecule has 248 valence electrons. The number of carbonyl (C=O) groups is 3. The Balaban J connectivity index is 1.47. The summed E-state index contributed by atoms with van der Waals surface area (Å²) in [6.07, 6.45) is 3.90. The van der Waals surface area contributed by atoms with E-state index >= 15 is 0 Å². The van der Waals surface area contributed by atoms with Crippen LogP contribution in [-0.2, 0) is 19.0 Å². The minimum atomic E-state index is -1.14. The molecule has 2 aromatic rings. The van der Waals surface area contributed by atoms with E-state index < -0.39 is 23.1 Å². The summed E-state index contributed by atoms with van der Waals surface area (Å²) < 4.78 is 35.7. The van der Waals surface area contributed by atoms with Crippen LogP contribution in [0.1, 0.15) is 70.7 Å². The van der Waals surface area contributed by atoms with Gasteiger partial charge in [0, 0.05) is 24.8 Å². The van der Waals surface area contributed by atoms with Gasteiger partial charge in [0.15, 0.2) is 0 Å². The number of hydrogen-bond acceptors (Lipinski definition) is 8. The lowest BCUT2D eigenvalue weighted by Gasteiger charge is -2.31. The Bertz CT molecular complexity index is 1260. The molecular formula is C33H47FN4O7. The maximum Gasteiger partial charge on any atom is 0.407 e. The Morgan fingerprint density at radius 3 is 2.13 bits per heavy atom. The number of carbonyl (C=O) groups excluding carboxylic acids is 3. The second kappa shape index (κ2) is 17.1. The van der Waals surface area contributed by atoms with Gasteiger partial charge in [0.05, 0.1) is 38.6 Å². The number of benzene rings is 1. The normalized spacial score (nSPS) is 13.2. The van der Waals surface area contributed by atoms with Crippen molar-refractivity contribution < 1.29 is 37.7 Å². The summed E-state index contributed by atoms with van der Waals surface area (Å²) in [4.78, 5) is 42.7. The molecule has 1 saturated carbocycles. The number of hydrogen-bond donors (Lipinski definition) is 3. The molecule has 1 aromatic carbocycles. The zero-order chi connectivity index (χ0) is 32.9. The minimum Gasteiger partial charge on any atom is -0.477 e. The molecule has 1 heterocycles. The molecule has 3 amide bonds. The lowest BCUT2D eigenvalue weighted by atomic mass is 9.91. The SMILES string of the molecule is CCC(CC)(NC(=O)c1cnc(OCC2CC2)c(-c2ccc(F)cc2)c1)C(=O)NCCOCCOCCNC(=O)OC(C)(C)C. The first-order valence-electron chi connectivity index (χ1n) is 15.6. The van der Waals surface area contributed by atoms with Crippen LogP contribution in [0, 0.1) is 11.7 Å². The fourth-order valence-electron chi connectivity index (χ4n) is 4.37. The highest BCUT2D eigenvalue weighted by Gasteiger charge is 2.36. The highest BCUT2D eigenvalue weighted by molar-refractivity contribution is 6.00. The monoisotopic (exact) mass is 630 g/mol. The Labute approximate surface area is 264 Å². The number of nitrogens with one attached hydrogen (secondary N) is 3. The van der Waals surface area contributed by atoms with Gasteiger partial charge in [-0.05, 0) is 76.1 Å². The predicted octanol–water partition coefficient (Wildman–Crippen LogP) is 4.64. The van der Waals surface area contributed by atoms with E-state index in [-0.39, 0.29) is 30.4 Å². The molecule has 11 nitrogen and oxygen atoms in total. The van der Waals surface area contributed by atoms with Crippen molar-refractivity contribution in [3.8, 4) is 17.0 Å². The molecule has 0 spiro atoms. The van der Waals surface area contributed by atoms with Crippen LogP contribution in [0.3, 0.4) is 0 Å². The van der Waals surface area contributed by atoms with E-state index in [9.17, 15) is 18.8 Å². The second-order valence-electron chi connectivity index (χ2n) is 12.0. The first-order chi connectivity index (χ1) is 21.5. The topological polar surface area (TPSA) is 137 Å². The Morgan fingerprint density at radius 1 is 0.933 bits per heavy atom. The van der Waals surface area contributed by atoms with Crippen LogP contribution in [0.2, 0.25) is 0 Å². The van der Waals surface area contributed by atoms with Gasteiger partial charge in [-0.25, -0.2) is 14.2 Å². The molecule has 0 aliphatic heterocycles. The number of alkyl carbamates (subject to hydrolysis) is 1. The van der Waals surface area contributed by atoms with Crippen molar-refractivity contribution in [2.75, 3.05) is 46.1 Å². The lowest BCUT2D eigenvalue weighted by Crippen LogP contribution is -2.58. The van der Waals surface area contributed by atoms with Gasteiger partial charge in [0.2, 0.25) is 11.8 Å². The van der Waals surface area contributed by atoms with Crippen LogP contribution >= 0.6 is 0 Å². The summed E-state index contributed by atoms with van der Waals surface area (Å²) in [5.41, 5.74) is -0.193. The Kier molecular flexibility index (Phi) is 13.5. The highest BCUT2D eigenvalue weighted by Crippen LogP contribution is 2.33. The number of halogens is 1. The van der Waals surface area contributed by atoms with Crippen LogP contribution in [0.15, 0.2) is 36.5 Å². The molecule has 45 heavy (non-hydrogen) atoms. The summed E-state index contributed by atoms with van der Waals surface area (Å²) in [5, 5.41) is 8.39. The van der Waals surface area contributed by atoms with E-state index in [0.717, 1.165) is 12.8 Å². The number of pyridine rings is 1. The number of aromatic nitrogens is 1. The van der Waals surface area contributed by atoms with Crippen LogP contribution in [0.4, 0.5) is 9.18 Å². The number of ether oxygens (including phenoxy) is 4. The van der Waals surface area contributed by atoms with Crippen molar-refractivity contribution >= 4 is 17.9 Å². The van der Waals surface area contributed by atoms with Gasteiger partial charge in [-0.2, -0.15) is 0 Å². The summed E-state index contributed by atoms with van der Waals surface area (Å²) in [6, 6.07) is 7.59. The molecule has 3 N–H and O–H groups in total. The molecule has 1 aromatic heterocycles. The number of rotatable bonds is 18. The minimum absolute atomic E-state index is 0.250. The van der Waals surface area contributed by atoms with Crippen LogP contribution in [-0.4, -0.2) is 80.2 Å². The Morgan fingerprint density at radius 2 is 1.56 bits per heavy atom. The van der Waals surface area contributed by atoms with Crippen LogP contribution in [0.5, 0.6) is 5.88 Å². The van der Waals surface area contributed by atoms with Crippen molar-refractivity contribution in [3.63, 3.8) is 0 Å². The third-order valence-corrected chi connectivity index (χ3v) is 7.23. The smallest absolute Gasteiger partial charge is 0.407 e. The standard InChI is InChI=1S/C33H47FN4O7/c1-6-33(7-2,30(40)35-14-16-42-18-19-43-17-15-36-31(41)45-32(3,4)5)38-28(39)25-20-27(24-10-12-26(34)13-11-24)29(37-21-25)44-22-23-8-9-23/h10-13,20-21,23H,6-9,14-19,22H2,1-5H3,(H,35,40)(H,36,41)(H,38,39). The van der Waals surface area contributed by atoms with E-state index in [2.05, 4.69) is 20.9 Å². The third-order valence-electron chi connectivity index (χ3n) is 7.23. The fourth-order valence-corrected chi connectivity index (χ4v) is 4.37. The molecule has 3 rings (SSSR count). The molecule has 0 saturated heterocycles. The quantitative estimate of drug-likeness (QED) is 0.203. The van der Waals surface area contributed by atoms with Gasteiger partial charge in [-0.1, -0.05) is 26.0 Å². The molecule has 1 aliphatic carbocycles. The van der Waals surface area contributed by atoms with Crippen molar-refractivity contribution in [1.82, 2.24) is 20.9 Å². The summed E-state index contributed by atoms with van der Waals surface area (Å²) in [7, 11) is 0. The zero-order valence-electron chi connectivity index (χ0n) is 27.0. The summed E-state index contributed by atoms with van der Waals surface area (Å²) in [5.74, 6) is -0.255. The average Bonchev–Trinajstić information content (AvgIpc) is 3.84. The summed E-state index contributed by atoms with van der Waals surface area (Å²) >= 11 is 0. The first kappa shape index (κ1) is 35.7. The second-order valence-corrected chi connectivity index (χ2v) is 12.0. The van der Waals surface area contributed by atoms with Gasteiger partial charge in [0.25, 0.3) is 5.91 Å². The number of nitrogens with zero attached hydrogens (tertiary/aromatic N) is 1. The average molecular weight is 631 g/mol. The molecule has 0 atom stereocenters. The van der Waals surface area contributed by atoms with E-state index in [1.165, 1.54) is 18.3 Å². The van der Waals surface area contributed by atoms with Gasteiger partial charge in [-0.3, -0.25) is 9.59 Å². The van der Waals surface area contributed by atoms with Crippen molar-refractivity contribution in [3.05, 3.63) is 47.9 Å². The van der Waals surface area contributed by atoms with Gasteiger partial charge in [0.1, 0.15) is 17.0 Å². The maximum atomic E-state index is 13.6. The first-order valence-corrected chi connectivity index (χ1v) is 15.6. The van der Waals surface area contributed by atoms with Crippen molar-refractivity contribution in [2.24, 2.45) is 5.92 Å². The van der Waals surface area contributed by atoms with Crippen molar-refractivity contribution in [1.29, 1.82) is 0 Å². The highest BCUT2D eigenvalue weighted by atomic mass is 19.1. The van der Waals surface area contributed by atoms with Gasteiger partial charge >= 0.3 is 6.09 Å². The van der Waals surface area contributed by atoms with E-state index in [1.807, 2.05) is 13.8 Å². The number of amides is 3. The van der Waals surface area contributed by atoms with E-state index in [0.29, 0.717) is 68.7 Å². The zero-order valence-corrected chi connectivity index (χ0v) is 27.0.